The largest absolute Gasteiger partial charge is 0.507 e. The number of carbonyl (C=O) groups is 1. The molecule has 114 valence electrons. The van der Waals surface area contributed by atoms with E-state index in [0.29, 0.717) is 16.7 Å². The van der Waals surface area contributed by atoms with Gasteiger partial charge in [-0.3, -0.25) is 4.79 Å². The Morgan fingerprint density at radius 2 is 1.23 bits per heavy atom. The van der Waals surface area contributed by atoms with Gasteiger partial charge in [0.25, 0.3) is 0 Å². The molecule has 0 amide bonds. The molecule has 2 nitrogen and oxygen atoms in total. The van der Waals surface area contributed by atoms with Crippen LogP contribution >= 0.6 is 0 Å². The number of ketones is 1. The Morgan fingerprint density at radius 1 is 0.773 bits per heavy atom. The van der Waals surface area contributed by atoms with Gasteiger partial charge in [0, 0.05) is 16.7 Å². The highest BCUT2D eigenvalue weighted by Gasteiger charge is 2.15. The number of carbonyl (C=O) groups excluding carboxylic acids is 1. The first-order valence-corrected chi connectivity index (χ1v) is 7.40. The van der Waals surface area contributed by atoms with Gasteiger partial charge in [-0.05, 0) is 69.0 Å². The van der Waals surface area contributed by atoms with E-state index in [1.165, 1.54) is 0 Å². The molecule has 0 heterocycles. The number of rotatable bonds is 3. The van der Waals surface area contributed by atoms with E-state index in [2.05, 4.69) is 0 Å². The molecule has 0 aliphatic carbocycles. The fraction of sp³-hybridized carbons (Fsp3) is 0.250. The normalized spacial score (nSPS) is 12.0. The molecule has 0 bridgehead atoms. The van der Waals surface area contributed by atoms with Crippen LogP contribution in [0.1, 0.15) is 45.1 Å². The summed E-state index contributed by atoms with van der Waals surface area (Å²) in [5, 5.41) is 10.4. The van der Waals surface area contributed by atoms with Gasteiger partial charge < -0.3 is 5.11 Å². The van der Waals surface area contributed by atoms with Crippen LogP contribution in [0.25, 0.3) is 5.76 Å². The quantitative estimate of drug-likeness (QED) is 0.486. The van der Waals surface area contributed by atoms with Crippen LogP contribution < -0.4 is 0 Å². The van der Waals surface area contributed by atoms with E-state index in [1.807, 2.05) is 64.1 Å². The van der Waals surface area contributed by atoms with E-state index in [4.69, 9.17) is 0 Å². The Balaban J connectivity index is 2.42. The first-order valence-electron chi connectivity index (χ1n) is 7.40. The lowest BCUT2D eigenvalue weighted by atomic mass is 9.97. The molecule has 0 radical (unpaired) electrons. The third-order valence-electron chi connectivity index (χ3n) is 4.25. The topological polar surface area (TPSA) is 37.3 Å². The lowest BCUT2D eigenvalue weighted by Gasteiger charge is -2.09. The lowest BCUT2D eigenvalue weighted by molar-refractivity contribution is 0.103. The van der Waals surface area contributed by atoms with Gasteiger partial charge in [-0.25, -0.2) is 0 Å². The minimum absolute atomic E-state index is 0.0475. The monoisotopic (exact) mass is 294 g/mol. The average Bonchev–Trinajstić information content (AvgIpc) is 2.50. The molecule has 0 unspecified atom stereocenters. The summed E-state index contributed by atoms with van der Waals surface area (Å²) in [7, 11) is 0. The first-order chi connectivity index (χ1) is 10.3. The molecule has 0 fully saturated rings. The molecule has 0 aromatic heterocycles. The summed E-state index contributed by atoms with van der Waals surface area (Å²) >= 11 is 0. The van der Waals surface area contributed by atoms with Crippen molar-refractivity contribution >= 4 is 11.5 Å². The number of aliphatic hydroxyl groups excluding tert-OH is 1. The van der Waals surface area contributed by atoms with Crippen molar-refractivity contribution in [1.82, 2.24) is 0 Å². The van der Waals surface area contributed by atoms with Crippen molar-refractivity contribution in [2.75, 3.05) is 0 Å². The van der Waals surface area contributed by atoms with Gasteiger partial charge in [-0.15, -0.1) is 0 Å². The number of allylic oxidation sites excluding steroid dienone is 1. The SMILES string of the molecule is CC(C(=O)c1ccc(C)c(C)c1)=C(O)c1ccc(C)c(C)c1. The van der Waals surface area contributed by atoms with Crippen molar-refractivity contribution in [3.8, 4) is 0 Å². The molecule has 0 atom stereocenters. The summed E-state index contributed by atoms with van der Waals surface area (Å²) in [5.41, 5.74) is 6.13. The standard InChI is InChI=1S/C20H22O2/c1-12-6-8-17(10-14(12)3)19(21)16(5)20(22)18-9-7-13(2)15(4)11-18/h6-11,21H,1-5H3. The van der Waals surface area contributed by atoms with Gasteiger partial charge >= 0.3 is 0 Å². The second kappa shape index (κ2) is 6.18. The predicted octanol–water partition coefficient (Wildman–Crippen LogP) is 5.09. The number of hydrogen-bond acceptors (Lipinski definition) is 2. The van der Waals surface area contributed by atoms with Gasteiger partial charge in [0.15, 0.2) is 5.78 Å². The van der Waals surface area contributed by atoms with Crippen LogP contribution in [0.4, 0.5) is 0 Å². The Hall–Kier alpha value is -2.35. The maximum atomic E-state index is 12.6. The second-order valence-electron chi connectivity index (χ2n) is 5.90. The molecule has 0 aliphatic heterocycles. The van der Waals surface area contributed by atoms with Gasteiger partial charge in [0.2, 0.25) is 0 Å². The molecule has 0 aliphatic rings. The molecule has 2 heteroatoms. The van der Waals surface area contributed by atoms with Crippen LogP contribution in [-0.2, 0) is 0 Å². The zero-order valence-corrected chi connectivity index (χ0v) is 13.8. The van der Waals surface area contributed by atoms with E-state index in [9.17, 15) is 9.90 Å². The van der Waals surface area contributed by atoms with Crippen molar-refractivity contribution in [3.05, 3.63) is 75.4 Å². The predicted molar refractivity (Wildman–Crippen MR) is 91.4 cm³/mol. The number of aliphatic hydroxyl groups is 1. The van der Waals surface area contributed by atoms with Crippen LogP contribution in [0.15, 0.2) is 42.0 Å². The smallest absolute Gasteiger partial charge is 0.192 e. The molecule has 22 heavy (non-hydrogen) atoms. The van der Waals surface area contributed by atoms with E-state index in [1.54, 1.807) is 6.92 Å². The van der Waals surface area contributed by atoms with Crippen LogP contribution in [0, 0.1) is 27.7 Å². The second-order valence-corrected chi connectivity index (χ2v) is 5.90. The summed E-state index contributed by atoms with van der Waals surface area (Å²) in [4.78, 5) is 12.6. The molecular formula is C20H22O2. The number of aryl methyl sites for hydroxylation is 4. The molecule has 2 aromatic carbocycles. The molecular weight excluding hydrogens is 272 g/mol. The van der Waals surface area contributed by atoms with Crippen molar-refractivity contribution in [2.45, 2.75) is 34.6 Å². The molecule has 2 rings (SSSR count). The zero-order chi connectivity index (χ0) is 16.4. The maximum Gasteiger partial charge on any atom is 0.192 e. The summed E-state index contributed by atoms with van der Waals surface area (Å²) in [6, 6.07) is 11.3. The summed E-state index contributed by atoms with van der Waals surface area (Å²) < 4.78 is 0. The zero-order valence-electron chi connectivity index (χ0n) is 13.8. The molecule has 2 aromatic rings. The van der Waals surface area contributed by atoms with Crippen LogP contribution in [0.2, 0.25) is 0 Å². The third-order valence-corrected chi connectivity index (χ3v) is 4.25. The van der Waals surface area contributed by atoms with Crippen LogP contribution in [-0.4, -0.2) is 10.9 Å². The van der Waals surface area contributed by atoms with Gasteiger partial charge in [-0.1, -0.05) is 24.3 Å². The highest BCUT2D eigenvalue weighted by molar-refractivity contribution is 6.12. The molecule has 0 saturated heterocycles. The van der Waals surface area contributed by atoms with Crippen molar-refractivity contribution in [2.24, 2.45) is 0 Å². The minimum atomic E-state index is -0.140. The Bertz CT molecular complexity index is 767. The van der Waals surface area contributed by atoms with E-state index >= 15 is 0 Å². The fourth-order valence-corrected chi connectivity index (χ4v) is 2.31. The van der Waals surface area contributed by atoms with Gasteiger partial charge in [0.05, 0.1) is 0 Å². The Labute approximate surface area is 132 Å². The maximum absolute atomic E-state index is 12.6. The average molecular weight is 294 g/mol. The van der Waals surface area contributed by atoms with Crippen molar-refractivity contribution in [1.29, 1.82) is 0 Å². The summed E-state index contributed by atoms with van der Waals surface area (Å²) in [6.07, 6.45) is 0. The molecule has 1 N–H and O–H groups in total. The Morgan fingerprint density at radius 3 is 1.73 bits per heavy atom. The number of hydrogen-bond donors (Lipinski definition) is 1. The highest BCUT2D eigenvalue weighted by atomic mass is 16.3. The lowest BCUT2D eigenvalue weighted by Crippen LogP contribution is -2.05. The highest BCUT2D eigenvalue weighted by Crippen LogP contribution is 2.22. The number of Topliss-reactive ketones (excluding diaryl/α,β-unsaturated/α-hetero) is 1. The van der Waals surface area contributed by atoms with Crippen LogP contribution in [0.5, 0.6) is 0 Å². The van der Waals surface area contributed by atoms with E-state index in [-0.39, 0.29) is 11.5 Å². The fourth-order valence-electron chi connectivity index (χ4n) is 2.31. The van der Waals surface area contributed by atoms with Crippen LogP contribution in [0.3, 0.4) is 0 Å². The summed E-state index contributed by atoms with van der Waals surface area (Å²) in [6.45, 7) is 9.68. The Kier molecular flexibility index (Phi) is 4.51. The van der Waals surface area contributed by atoms with Crippen molar-refractivity contribution < 1.29 is 9.90 Å². The van der Waals surface area contributed by atoms with Gasteiger partial charge in [-0.2, -0.15) is 0 Å². The van der Waals surface area contributed by atoms with E-state index in [0.717, 1.165) is 22.3 Å². The van der Waals surface area contributed by atoms with Gasteiger partial charge in [0.1, 0.15) is 5.76 Å². The first kappa shape index (κ1) is 16.0. The number of benzene rings is 2. The van der Waals surface area contributed by atoms with E-state index < -0.39 is 0 Å². The summed E-state index contributed by atoms with van der Waals surface area (Å²) in [5.74, 6) is -0.0924. The third kappa shape index (κ3) is 3.11. The van der Waals surface area contributed by atoms with Crippen molar-refractivity contribution in [3.63, 3.8) is 0 Å². The molecule has 0 saturated carbocycles. The minimum Gasteiger partial charge on any atom is -0.507 e. The molecule has 0 spiro atoms.